The van der Waals surface area contributed by atoms with Crippen LogP contribution in [-0.4, -0.2) is 70.0 Å². The fourth-order valence-corrected chi connectivity index (χ4v) is 6.41. The molecule has 0 heterocycles. The van der Waals surface area contributed by atoms with E-state index in [2.05, 4.69) is 20.8 Å². The number of allylic oxidation sites excluding steroid dienone is 2. The number of hydrogen-bond acceptors (Lipinski definition) is 8. The van der Waals surface area contributed by atoms with Gasteiger partial charge in [-0.2, -0.15) is 0 Å². The van der Waals surface area contributed by atoms with Crippen molar-refractivity contribution in [1.29, 1.82) is 0 Å². The van der Waals surface area contributed by atoms with Gasteiger partial charge in [0.1, 0.15) is 6.61 Å². The van der Waals surface area contributed by atoms with Crippen molar-refractivity contribution >= 4 is 11.9 Å². The number of unbranched alkanes of at least 4 members (excludes halogenated alkanes) is 12. The van der Waals surface area contributed by atoms with Crippen LogP contribution in [0.3, 0.4) is 0 Å². The molecule has 0 aromatic heterocycles. The van der Waals surface area contributed by atoms with E-state index in [0.717, 1.165) is 44.4 Å². The van der Waals surface area contributed by atoms with E-state index in [1.807, 2.05) is 18.2 Å². The van der Waals surface area contributed by atoms with Gasteiger partial charge in [-0.1, -0.05) is 135 Å². The van der Waals surface area contributed by atoms with E-state index < -0.39 is 37.0 Å². The predicted octanol–water partition coefficient (Wildman–Crippen LogP) is 8.13. The van der Waals surface area contributed by atoms with Gasteiger partial charge in [-0.05, 0) is 43.9 Å². The first-order valence-electron chi connectivity index (χ1n) is 19.5. The molecular formula is C40H72O8. The normalized spacial score (nSPS) is 21.6. The van der Waals surface area contributed by atoms with Gasteiger partial charge in [0.2, 0.25) is 0 Å². The molecule has 0 aliphatic heterocycles. The number of aliphatic hydroxyl groups excluding tert-OH is 4. The van der Waals surface area contributed by atoms with Crippen LogP contribution in [0.15, 0.2) is 24.3 Å². The Hall–Kier alpha value is -1.74. The molecule has 1 aliphatic rings. The van der Waals surface area contributed by atoms with Gasteiger partial charge in [0.25, 0.3) is 0 Å². The summed E-state index contributed by atoms with van der Waals surface area (Å²) in [5, 5.41) is 40.7. The standard InChI is InChI=1S/C40H72O8/c1-4-6-17-23-33(42)27-28-36-35(37(43)29-38(36)44)24-19-15-16-20-25-39(45)47-31-34(30-41)48-40(46)26-21-14-12-10-8-7-9-11-13-18-22-32(3)5-2/h15,19,27-28,32-38,41-44H,4-14,16-18,20-26,29-31H2,1-3H3/b19-15+,28-27+/t32?,33-,34-,35+,36+,37-,38+/m0/s1. The van der Waals surface area contributed by atoms with Crippen molar-refractivity contribution in [3.8, 4) is 0 Å². The Labute approximate surface area is 292 Å². The second-order valence-corrected chi connectivity index (χ2v) is 14.2. The predicted molar refractivity (Wildman–Crippen MR) is 193 cm³/mol. The molecule has 0 radical (unpaired) electrons. The average molecular weight is 681 g/mol. The summed E-state index contributed by atoms with van der Waals surface area (Å²) in [5.41, 5.74) is 0. The summed E-state index contributed by atoms with van der Waals surface area (Å²) < 4.78 is 10.6. The monoisotopic (exact) mass is 681 g/mol. The van der Waals surface area contributed by atoms with Crippen LogP contribution in [0.4, 0.5) is 0 Å². The molecule has 1 fully saturated rings. The van der Waals surface area contributed by atoms with E-state index in [-0.39, 0.29) is 30.8 Å². The summed E-state index contributed by atoms with van der Waals surface area (Å²) in [4.78, 5) is 24.4. The first kappa shape index (κ1) is 44.3. The van der Waals surface area contributed by atoms with Crippen molar-refractivity contribution < 1.29 is 39.5 Å². The van der Waals surface area contributed by atoms with Crippen molar-refractivity contribution in [2.45, 2.75) is 186 Å². The number of esters is 2. The van der Waals surface area contributed by atoms with Gasteiger partial charge in [-0.3, -0.25) is 9.59 Å². The Balaban J connectivity index is 2.13. The molecule has 48 heavy (non-hydrogen) atoms. The molecular weight excluding hydrogens is 608 g/mol. The summed E-state index contributed by atoms with van der Waals surface area (Å²) in [6, 6.07) is 0. The number of carbonyl (C=O) groups is 2. The molecule has 8 heteroatoms. The fourth-order valence-electron chi connectivity index (χ4n) is 6.41. The van der Waals surface area contributed by atoms with Gasteiger partial charge in [-0.25, -0.2) is 0 Å². The van der Waals surface area contributed by atoms with E-state index in [0.29, 0.717) is 38.5 Å². The van der Waals surface area contributed by atoms with Crippen LogP contribution in [0.2, 0.25) is 0 Å². The lowest BCUT2D eigenvalue weighted by Crippen LogP contribution is -2.28. The first-order valence-corrected chi connectivity index (χ1v) is 19.5. The van der Waals surface area contributed by atoms with E-state index in [1.165, 1.54) is 57.8 Å². The zero-order valence-electron chi connectivity index (χ0n) is 30.7. The highest BCUT2D eigenvalue weighted by Crippen LogP contribution is 2.36. The number of hydrogen-bond donors (Lipinski definition) is 4. The van der Waals surface area contributed by atoms with Crippen LogP contribution >= 0.6 is 0 Å². The van der Waals surface area contributed by atoms with Gasteiger partial charge in [0.05, 0.1) is 24.9 Å². The summed E-state index contributed by atoms with van der Waals surface area (Å²) in [6.07, 6.45) is 26.1. The second kappa shape index (κ2) is 29.0. The van der Waals surface area contributed by atoms with Gasteiger partial charge in [-0.15, -0.1) is 0 Å². The average Bonchev–Trinajstić information content (AvgIpc) is 3.34. The molecule has 1 saturated carbocycles. The Morgan fingerprint density at radius 1 is 0.792 bits per heavy atom. The lowest BCUT2D eigenvalue weighted by molar-refractivity contribution is -0.161. The Bertz CT molecular complexity index is 858. The fraction of sp³-hybridized carbons (Fsp3) is 0.850. The lowest BCUT2D eigenvalue weighted by atomic mass is 9.89. The maximum absolute atomic E-state index is 12.2. The molecule has 8 nitrogen and oxygen atoms in total. The van der Waals surface area contributed by atoms with Crippen molar-refractivity contribution in [2.75, 3.05) is 13.2 Å². The van der Waals surface area contributed by atoms with E-state index in [4.69, 9.17) is 9.47 Å². The second-order valence-electron chi connectivity index (χ2n) is 14.2. The van der Waals surface area contributed by atoms with Crippen LogP contribution in [-0.2, 0) is 19.1 Å². The molecule has 0 aromatic rings. The van der Waals surface area contributed by atoms with Gasteiger partial charge >= 0.3 is 11.9 Å². The van der Waals surface area contributed by atoms with E-state index in [9.17, 15) is 30.0 Å². The minimum absolute atomic E-state index is 0.118. The number of ether oxygens (including phenoxy) is 2. The summed E-state index contributed by atoms with van der Waals surface area (Å²) in [7, 11) is 0. The molecule has 0 amide bonds. The molecule has 0 bridgehead atoms. The molecule has 7 atom stereocenters. The third kappa shape index (κ3) is 22.1. The highest BCUT2D eigenvalue weighted by atomic mass is 16.6. The quantitative estimate of drug-likeness (QED) is 0.0340. The third-order valence-electron chi connectivity index (χ3n) is 9.86. The van der Waals surface area contributed by atoms with Crippen molar-refractivity contribution in [2.24, 2.45) is 17.8 Å². The van der Waals surface area contributed by atoms with Crippen LogP contribution in [0, 0.1) is 17.8 Å². The minimum atomic E-state index is -0.848. The van der Waals surface area contributed by atoms with Crippen LogP contribution in [0.5, 0.6) is 0 Å². The largest absolute Gasteiger partial charge is 0.462 e. The maximum Gasteiger partial charge on any atom is 0.306 e. The van der Waals surface area contributed by atoms with Crippen LogP contribution < -0.4 is 0 Å². The van der Waals surface area contributed by atoms with E-state index in [1.54, 1.807) is 6.08 Å². The molecule has 0 aromatic carbocycles. The number of rotatable bonds is 30. The lowest BCUT2D eigenvalue weighted by Gasteiger charge is -2.19. The molecule has 4 N–H and O–H groups in total. The van der Waals surface area contributed by atoms with Gasteiger partial charge in [0.15, 0.2) is 6.10 Å². The van der Waals surface area contributed by atoms with Gasteiger partial charge < -0.3 is 29.9 Å². The summed E-state index contributed by atoms with van der Waals surface area (Å²) in [6.45, 7) is 6.18. The molecule has 0 spiro atoms. The van der Waals surface area contributed by atoms with Crippen LogP contribution in [0.1, 0.15) is 162 Å². The molecule has 0 saturated heterocycles. The highest BCUT2D eigenvalue weighted by molar-refractivity contribution is 5.70. The molecule has 280 valence electrons. The Morgan fingerprint density at radius 2 is 1.42 bits per heavy atom. The van der Waals surface area contributed by atoms with Crippen molar-refractivity contribution in [3.05, 3.63) is 24.3 Å². The van der Waals surface area contributed by atoms with Gasteiger partial charge in [0, 0.05) is 25.2 Å². The van der Waals surface area contributed by atoms with Crippen molar-refractivity contribution in [3.63, 3.8) is 0 Å². The summed E-state index contributed by atoms with van der Waals surface area (Å²) in [5.74, 6) is -0.230. The highest BCUT2D eigenvalue weighted by Gasteiger charge is 2.39. The summed E-state index contributed by atoms with van der Waals surface area (Å²) >= 11 is 0. The smallest absolute Gasteiger partial charge is 0.306 e. The minimum Gasteiger partial charge on any atom is -0.462 e. The third-order valence-corrected chi connectivity index (χ3v) is 9.86. The number of carbonyl (C=O) groups excluding carboxylic acids is 2. The topological polar surface area (TPSA) is 134 Å². The van der Waals surface area contributed by atoms with Crippen molar-refractivity contribution in [1.82, 2.24) is 0 Å². The Morgan fingerprint density at radius 3 is 2.06 bits per heavy atom. The van der Waals surface area contributed by atoms with Crippen LogP contribution in [0.25, 0.3) is 0 Å². The Kier molecular flexibility index (Phi) is 26.8. The maximum atomic E-state index is 12.2. The molecule has 1 aliphatic carbocycles. The van der Waals surface area contributed by atoms with E-state index >= 15 is 0 Å². The first-order chi connectivity index (χ1) is 23.2. The zero-order valence-corrected chi connectivity index (χ0v) is 30.7. The molecule has 1 rings (SSSR count). The molecule has 1 unspecified atom stereocenters. The SMILES string of the molecule is CCCCC[C@H](O)/C=C/[C@@H]1[C@@H](C/C=C/CCCC(=O)OC[C@H](CO)OC(=O)CCCCCCCCCCCCC(C)CC)[C@@H](O)C[C@H]1O. The zero-order chi connectivity index (χ0) is 35.4. The number of aliphatic hydroxyl groups is 4.